The van der Waals surface area contributed by atoms with Gasteiger partial charge in [-0.2, -0.15) is 0 Å². The Balaban J connectivity index is 2.22. The smallest absolute Gasteiger partial charge is 0.329 e. The fourth-order valence-electron chi connectivity index (χ4n) is 2.35. The number of ether oxygens (including phenoxy) is 2. The molecule has 0 N–H and O–H groups in total. The molecule has 0 unspecified atom stereocenters. The molecular formula is C17H17NO5S. The summed E-state index contributed by atoms with van der Waals surface area (Å²) in [6, 6.07) is 7.81. The Morgan fingerprint density at radius 3 is 2.67 bits per heavy atom. The lowest BCUT2D eigenvalue weighted by Gasteiger charge is -2.27. The number of nitrogens with zero attached hydrogens (tertiary/aromatic N) is 1. The van der Waals surface area contributed by atoms with E-state index in [2.05, 4.69) is 5.92 Å². The van der Waals surface area contributed by atoms with Gasteiger partial charge in [-0.3, -0.25) is 9.59 Å². The van der Waals surface area contributed by atoms with Gasteiger partial charge in [-0.25, -0.2) is 4.79 Å². The van der Waals surface area contributed by atoms with Gasteiger partial charge in [0.25, 0.3) is 5.91 Å². The predicted octanol–water partition coefficient (Wildman–Crippen LogP) is 0.962. The zero-order chi connectivity index (χ0) is 17.5. The van der Waals surface area contributed by atoms with Gasteiger partial charge in [0, 0.05) is 11.3 Å². The summed E-state index contributed by atoms with van der Waals surface area (Å²) in [4.78, 5) is 38.4. The molecule has 1 aliphatic heterocycles. The Morgan fingerprint density at radius 1 is 1.33 bits per heavy atom. The van der Waals surface area contributed by atoms with Crippen molar-refractivity contribution in [1.29, 1.82) is 0 Å². The SMILES string of the molecule is C#CCOCC(=O)N1[C@@H](C(=O)c2ccccc2)SC[C@H]1C(=O)OC. The average Bonchev–Trinajstić information content (AvgIpc) is 3.06. The van der Waals surface area contributed by atoms with Crippen molar-refractivity contribution in [3.05, 3.63) is 35.9 Å². The lowest BCUT2D eigenvalue weighted by molar-refractivity contribution is -0.152. The van der Waals surface area contributed by atoms with Crippen molar-refractivity contribution in [3.8, 4) is 12.3 Å². The number of Topliss-reactive ketones (excluding diaryl/α,β-unsaturated/α-hetero) is 1. The van der Waals surface area contributed by atoms with E-state index in [9.17, 15) is 14.4 Å². The van der Waals surface area contributed by atoms with Gasteiger partial charge in [0.05, 0.1) is 7.11 Å². The number of methoxy groups -OCH3 is 1. The maximum atomic E-state index is 12.7. The second-order valence-electron chi connectivity index (χ2n) is 4.95. The Hall–Kier alpha value is -2.30. The van der Waals surface area contributed by atoms with E-state index in [1.165, 1.54) is 23.8 Å². The maximum absolute atomic E-state index is 12.7. The zero-order valence-electron chi connectivity index (χ0n) is 13.1. The number of amides is 1. The van der Waals surface area contributed by atoms with E-state index in [1.54, 1.807) is 30.3 Å². The van der Waals surface area contributed by atoms with Crippen LogP contribution in [0.1, 0.15) is 10.4 Å². The first-order chi connectivity index (χ1) is 11.6. The molecule has 1 amide bonds. The van der Waals surface area contributed by atoms with Crippen molar-refractivity contribution >= 4 is 29.4 Å². The largest absolute Gasteiger partial charge is 0.467 e. The standard InChI is InChI=1S/C17H17NO5S/c1-3-9-23-10-14(19)18-13(17(21)22-2)11-24-16(18)15(20)12-7-5-4-6-8-12/h1,4-8,13,16H,9-11H2,2H3/t13-,16+/m0/s1. The molecule has 1 fully saturated rings. The van der Waals surface area contributed by atoms with E-state index >= 15 is 0 Å². The normalized spacial score (nSPS) is 19.6. The topological polar surface area (TPSA) is 72.9 Å². The van der Waals surface area contributed by atoms with Crippen LogP contribution in [0.3, 0.4) is 0 Å². The van der Waals surface area contributed by atoms with Gasteiger partial charge in [-0.05, 0) is 0 Å². The molecule has 7 heteroatoms. The number of benzene rings is 1. The first-order valence-corrected chi connectivity index (χ1v) is 8.26. The fraction of sp³-hybridized carbons (Fsp3) is 0.353. The van der Waals surface area contributed by atoms with Gasteiger partial charge in [0.1, 0.15) is 24.6 Å². The fourth-order valence-corrected chi connectivity index (χ4v) is 3.72. The van der Waals surface area contributed by atoms with Gasteiger partial charge in [0.15, 0.2) is 5.78 Å². The summed E-state index contributed by atoms with van der Waals surface area (Å²) in [5.74, 6) is 1.28. The third-order valence-electron chi connectivity index (χ3n) is 3.46. The van der Waals surface area contributed by atoms with Gasteiger partial charge in [-0.15, -0.1) is 18.2 Å². The monoisotopic (exact) mass is 347 g/mol. The molecule has 0 aliphatic carbocycles. The Morgan fingerprint density at radius 2 is 2.04 bits per heavy atom. The van der Waals surface area contributed by atoms with Crippen molar-refractivity contribution in [2.24, 2.45) is 0 Å². The highest BCUT2D eigenvalue weighted by Crippen LogP contribution is 2.32. The van der Waals surface area contributed by atoms with Crippen LogP contribution in [0, 0.1) is 12.3 Å². The maximum Gasteiger partial charge on any atom is 0.329 e. The van der Waals surface area contributed by atoms with Gasteiger partial charge in [0.2, 0.25) is 0 Å². The van der Waals surface area contributed by atoms with E-state index in [1.807, 2.05) is 0 Å². The number of hydrogen-bond donors (Lipinski definition) is 0. The highest BCUT2D eigenvalue weighted by molar-refractivity contribution is 8.00. The summed E-state index contributed by atoms with van der Waals surface area (Å²) < 4.78 is 9.80. The minimum atomic E-state index is -0.820. The van der Waals surface area contributed by atoms with Gasteiger partial charge in [-0.1, -0.05) is 36.3 Å². The summed E-state index contributed by atoms with van der Waals surface area (Å²) in [6.45, 7) is -0.316. The minimum absolute atomic E-state index is 0.0209. The molecule has 2 atom stereocenters. The summed E-state index contributed by atoms with van der Waals surface area (Å²) in [6.07, 6.45) is 5.08. The summed E-state index contributed by atoms with van der Waals surface area (Å²) in [5, 5.41) is -0.793. The third-order valence-corrected chi connectivity index (χ3v) is 4.72. The Kier molecular flexibility index (Phi) is 6.41. The second kappa shape index (κ2) is 8.52. The molecule has 0 spiro atoms. The highest BCUT2D eigenvalue weighted by Gasteiger charge is 2.45. The van der Waals surface area contributed by atoms with E-state index in [4.69, 9.17) is 15.9 Å². The van der Waals surface area contributed by atoms with Crippen LogP contribution in [0.25, 0.3) is 0 Å². The molecule has 1 aliphatic rings. The number of terminal acetylenes is 1. The lowest BCUT2D eigenvalue weighted by atomic mass is 10.1. The number of rotatable bonds is 6. The summed E-state index contributed by atoms with van der Waals surface area (Å²) in [5.41, 5.74) is 0.475. The zero-order valence-corrected chi connectivity index (χ0v) is 14.0. The number of ketones is 1. The predicted molar refractivity (Wildman–Crippen MR) is 89.3 cm³/mol. The first-order valence-electron chi connectivity index (χ1n) is 7.21. The van der Waals surface area contributed by atoms with E-state index < -0.39 is 23.3 Å². The van der Waals surface area contributed by atoms with Crippen LogP contribution in [0.15, 0.2) is 30.3 Å². The molecule has 24 heavy (non-hydrogen) atoms. The van der Waals surface area contributed by atoms with Crippen molar-refractivity contribution in [2.75, 3.05) is 26.1 Å². The molecule has 1 saturated heterocycles. The molecule has 0 aromatic heterocycles. The van der Waals surface area contributed by atoms with Crippen LogP contribution < -0.4 is 0 Å². The highest BCUT2D eigenvalue weighted by atomic mass is 32.2. The molecule has 6 nitrogen and oxygen atoms in total. The van der Waals surface area contributed by atoms with Crippen LogP contribution >= 0.6 is 11.8 Å². The second-order valence-corrected chi connectivity index (χ2v) is 6.07. The molecule has 1 aromatic rings. The van der Waals surface area contributed by atoms with Crippen LogP contribution in [0.2, 0.25) is 0 Å². The van der Waals surface area contributed by atoms with Gasteiger partial charge < -0.3 is 14.4 Å². The van der Waals surface area contributed by atoms with Crippen molar-refractivity contribution < 1.29 is 23.9 Å². The Bertz CT molecular complexity index is 655. The molecule has 2 rings (SSSR count). The van der Waals surface area contributed by atoms with Crippen LogP contribution in [0.5, 0.6) is 0 Å². The first kappa shape index (κ1) is 18.0. The molecule has 126 valence electrons. The molecular weight excluding hydrogens is 330 g/mol. The van der Waals surface area contributed by atoms with Crippen LogP contribution in [-0.4, -0.2) is 60.1 Å². The lowest BCUT2D eigenvalue weighted by Crippen LogP contribution is -2.49. The Labute approximate surface area is 144 Å². The number of esters is 1. The minimum Gasteiger partial charge on any atom is -0.467 e. The van der Waals surface area contributed by atoms with Crippen molar-refractivity contribution in [1.82, 2.24) is 4.90 Å². The van der Waals surface area contributed by atoms with E-state index in [0.717, 1.165) is 0 Å². The number of carbonyl (C=O) groups is 3. The molecule has 1 aromatic carbocycles. The quantitative estimate of drug-likeness (QED) is 0.330. The van der Waals surface area contributed by atoms with Gasteiger partial charge >= 0.3 is 5.97 Å². The van der Waals surface area contributed by atoms with Crippen LogP contribution in [-0.2, 0) is 19.1 Å². The summed E-state index contributed by atoms with van der Waals surface area (Å²) >= 11 is 1.23. The summed E-state index contributed by atoms with van der Waals surface area (Å²) in [7, 11) is 1.25. The molecule has 0 radical (unpaired) electrons. The molecule has 0 bridgehead atoms. The molecule has 1 heterocycles. The van der Waals surface area contributed by atoms with Crippen molar-refractivity contribution in [3.63, 3.8) is 0 Å². The number of carbonyl (C=O) groups excluding carboxylic acids is 3. The van der Waals surface area contributed by atoms with E-state index in [-0.39, 0.29) is 24.7 Å². The average molecular weight is 347 g/mol. The number of hydrogen-bond acceptors (Lipinski definition) is 6. The van der Waals surface area contributed by atoms with E-state index in [0.29, 0.717) is 5.56 Å². The van der Waals surface area contributed by atoms with Crippen molar-refractivity contribution in [2.45, 2.75) is 11.4 Å². The number of thioether (sulfide) groups is 1. The third kappa shape index (κ3) is 3.96. The van der Waals surface area contributed by atoms with Crippen LogP contribution in [0.4, 0.5) is 0 Å². The molecule has 0 saturated carbocycles.